The van der Waals surface area contributed by atoms with E-state index in [-0.39, 0.29) is 4.88 Å². The maximum atomic E-state index is 12.4. The number of aromatic nitrogens is 3. The molecule has 2 N–H and O–H groups in total. The summed E-state index contributed by atoms with van der Waals surface area (Å²) in [6, 6.07) is 0.669. The summed E-state index contributed by atoms with van der Waals surface area (Å²) < 4.78 is 42.2. The fraction of sp³-hybridized carbons (Fsp3) is 0.300. The van der Waals surface area contributed by atoms with Gasteiger partial charge in [0.15, 0.2) is 5.01 Å². The van der Waals surface area contributed by atoms with Crippen LogP contribution in [0.4, 0.5) is 13.2 Å². The molecule has 0 saturated carbocycles. The average Bonchev–Trinajstić information content (AvgIpc) is 2.87. The van der Waals surface area contributed by atoms with Gasteiger partial charge in [-0.2, -0.15) is 13.2 Å². The van der Waals surface area contributed by atoms with Crippen molar-refractivity contribution in [2.75, 3.05) is 7.11 Å². The van der Waals surface area contributed by atoms with Gasteiger partial charge in [0.1, 0.15) is 6.33 Å². The Kier molecular flexibility index (Phi) is 3.67. The van der Waals surface area contributed by atoms with Gasteiger partial charge < -0.3 is 10.5 Å². The molecule has 0 spiro atoms. The van der Waals surface area contributed by atoms with Gasteiger partial charge >= 0.3 is 6.18 Å². The standard InChI is InChI=1S/C10H9F3N4OS/c1-18-7-2-5(16-4-17-7)8(14)6-3-15-9(19-6)10(11,12)13/h2-4,8H,14H2,1H3. The zero-order valence-electron chi connectivity index (χ0n) is 9.68. The van der Waals surface area contributed by atoms with Crippen molar-refractivity contribution in [3.63, 3.8) is 0 Å². The van der Waals surface area contributed by atoms with Gasteiger partial charge in [-0.3, -0.25) is 0 Å². The van der Waals surface area contributed by atoms with E-state index in [1.165, 1.54) is 19.5 Å². The minimum Gasteiger partial charge on any atom is -0.481 e. The number of nitrogens with zero attached hydrogens (tertiary/aromatic N) is 3. The lowest BCUT2D eigenvalue weighted by Gasteiger charge is -2.08. The van der Waals surface area contributed by atoms with Gasteiger partial charge in [-0.05, 0) is 0 Å². The molecule has 19 heavy (non-hydrogen) atoms. The first kappa shape index (κ1) is 13.7. The van der Waals surface area contributed by atoms with E-state index in [0.29, 0.717) is 22.9 Å². The van der Waals surface area contributed by atoms with Gasteiger partial charge in [-0.25, -0.2) is 15.0 Å². The van der Waals surface area contributed by atoms with Crippen molar-refractivity contribution in [1.82, 2.24) is 15.0 Å². The molecule has 5 nitrogen and oxygen atoms in total. The molecule has 102 valence electrons. The predicted molar refractivity (Wildman–Crippen MR) is 61.7 cm³/mol. The van der Waals surface area contributed by atoms with Crippen LogP contribution in [0.3, 0.4) is 0 Å². The van der Waals surface area contributed by atoms with E-state index >= 15 is 0 Å². The largest absolute Gasteiger partial charge is 0.481 e. The zero-order chi connectivity index (χ0) is 14.0. The summed E-state index contributed by atoms with van der Waals surface area (Å²) in [6.45, 7) is 0. The molecular formula is C10H9F3N4OS. The van der Waals surface area contributed by atoms with E-state index in [4.69, 9.17) is 10.5 Å². The smallest absolute Gasteiger partial charge is 0.443 e. The lowest BCUT2D eigenvalue weighted by Crippen LogP contribution is -2.12. The first-order chi connectivity index (χ1) is 8.91. The van der Waals surface area contributed by atoms with Crippen molar-refractivity contribution in [1.29, 1.82) is 0 Å². The summed E-state index contributed by atoms with van der Waals surface area (Å²) in [5, 5.41) is -0.932. The SMILES string of the molecule is COc1cc(C(N)c2cnc(C(F)(F)F)s2)ncn1. The van der Waals surface area contributed by atoms with Crippen LogP contribution in [0.15, 0.2) is 18.6 Å². The van der Waals surface area contributed by atoms with Crippen molar-refractivity contribution in [2.45, 2.75) is 12.2 Å². The van der Waals surface area contributed by atoms with Crippen molar-refractivity contribution in [2.24, 2.45) is 5.73 Å². The quantitative estimate of drug-likeness (QED) is 0.936. The lowest BCUT2D eigenvalue weighted by atomic mass is 10.2. The molecule has 0 amide bonds. The number of rotatable bonds is 3. The second kappa shape index (κ2) is 5.10. The highest BCUT2D eigenvalue weighted by molar-refractivity contribution is 7.11. The van der Waals surface area contributed by atoms with E-state index in [2.05, 4.69) is 15.0 Å². The zero-order valence-corrected chi connectivity index (χ0v) is 10.5. The molecule has 2 rings (SSSR count). The van der Waals surface area contributed by atoms with Crippen LogP contribution in [-0.4, -0.2) is 22.1 Å². The van der Waals surface area contributed by atoms with E-state index in [9.17, 15) is 13.2 Å². The third-order valence-electron chi connectivity index (χ3n) is 2.26. The maximum absolute atomic E-state index is 12.4. The summed E-state index contributed by atoms with van der Waals surface area (Å²) in [7, 11) is 1.42. The molecule has 0 aliphatic heterocycles. The van der Waals surface area contributed by atoms with Crippen LogP contribution in [0.1, 0.15) is 21.6 Å². The van der Waals surface area contributed by atoms with Gasteiger partial charge in [0.25, 0.3) is 0 Å². The van der Waals surface area contributed by atoms with Gasteiger partial charge in [-0.15, -0.1) is 11.3 Å². The van der Waals surface area contributed by atoms with Gasteiger partial charge in [0.2, 0.25) is 5.88 Å². The van der Waals surface area contributed by atoms with Crippen LogP contribution in [0.5, 0.6) is 5.88 Å². The summed E-state index contributed by atoms with van der Waals surface area (Å²) >= 11 is 0.494. The number of halogens is 3. The van der Waals surface area contributed by atoms with Crippen LogP contribution in [0, 0.1) is 0 Å². The third-order valence-corrected chi connectivity index (χ3v) is 3.39. The molecule has 1 unspecified atom stereocenters. The van der Waals surface area contributed by atoms with Crippen LogP contribution in [0.25, 0.3) is 0 Å². The summed E-state index contributed by atoms with van der Waals surface area (Å²) in [5.41, 5.74) is 6.22. The van der Waals surface area contributed by atoms with Crippen molar-refractivity contribution in [3.8, 4) is 5.88 Å². The Bertz CT molecular complexity index is 572. The first-order valence-corrected chi connectivity index (χ1v) is 5.88. The normalized spacial score (nSPS) is 13.3. The molecule has 0 bridgehead atoms. The molecule has 9 heteroatoms. The molecule has 1 atom stereocenters. The minimum absolute atomic E-state index is 0.271. The Morgan fingerprint density at radius 1 is 1.32 bits per heavy atom. The number of hydrogen-bond donors (Lipinski definition) is 1. The molecule has 0 aliphatic carbocycles. The Morgan fingerprint density at radius 2 is 2.05 bits per heavy atom. The van der Waals surface area contributed by atoms with E-state index in [1.807, 2.05) is 0 Å². The Hall–Kier alpha value is -1.74. The maximum Gasteiger partial charge on any atom is 0.443 e. The Balaban J connectivity index is 2.28. The van der Waals surface area contributed by atoms with Gasteiger partial charge in [0.05, 0.1) is 18.8 Å². The lowest BCUT2D eigenvalue weighted by molar-refractivity contribution is -0.137. The van der Waals surface area contributed by atoms with Crippen LogP contribution < -0.4 is 10.5 Å². The molecule has 2 heterocycles. The number of alkyl halides is 3. The molecule has 0 fully saturated rings. The van der Waals surface area contributed by atoms with Crippen molar-refractivity contribution >= 4 is 11.3 Å². The molecule has 0 saturated heterocycles. The van der Waals surface area contributed by atoms with Crippen molar-refractivity contribution < 1.29 is 17.9 Å². The molecule has 2 aromatic rings. The topological polar surface area (TPSA) is 73.9 Å². The molecule has 0 radical (unpaired) electrons. The summed E-state index contributed by atoms with van der Waals surface area (Å²) in [5.74, 6) is 0.293. The summed E-state index contributed by atoms with van der Waals surface area (Å²) in [6.07, 6.45) is -2.13. The highest BCUT2D eigenvalue weighted by Crippen LogP contribution is 2.35. The Morgan fingerprint density at radius 3 is 2.63 bits per heavy atom. The number of hydrogen-bond acceptors (Lipinski definition) is 6. The average molecular weight is 290 g/mol. The predicted octanol–water partition coefficient (Wildman–Crippen LogP) is 2.01. The molecule has 0 aliphatic rings. The minimum atomic E-state index is -4.47. The highest BCUT2D eigenvalue weighted by Gasteiger charge is 2.35. The third kappa shape index (κ3) is 2.99. The van der Waals surface area contributed by atoms with Gasteiger partial charge in [0, 0.05) is 17.1 Å². The molecular weight excluding hydrogens is 281 g/mol. The first-order valence-electron chi connectivity index (χ1n) is 5.06. The van der Waals surface area contributed by atoms with E-state index in [1.54, 1.807) is 0 Å². The number of nitrogens with two attached hydrogens (primary N) is 1. The highest BCUT2D eigenvalue weighted by atomic mass is 32.1. The second-order valence-corrected chi connectivity index (χ2v) is 4.59. The van der Waals surface area contributed by atoms with Gasteiger partial charge in [-0.1, -0.05) is 0 Å². The fourth-order valence-corrected chi connectivity index (χ4v) is 2.14. The number of thiazole rings is 1. The molecule has 2 aromatic heterocycles. The number of methoxy groups -OCH3 is 1. The van der Waals surface area contributed by atoms with E-state index < -0.39 is 17.2 Å². The van der Waals surface area contributed by atoms with E-state index in [0.717, 1.165) is 6.20 Å². The number of ether oxygens (including phenoxy) is 1. The monoisotopic (exact) mass is 290 g/mol. The molecule has 0 aromatic carbocycles. The second-order valence-electron chi connectivity index (χ2n) is 3.53. The van der Waals surface area contributed by atoms with Crippen LogP contribution in [0.2, 0.25) is 0 Å². The summed E-state index contributed by atoms with van der Waals surface area (Å²) in [4.78, 5) is 11.3. The van der Waals surface area contributed by atoms with Crippen molar-refractivity contribution in [3.05, 3.63) is 34.2 Å². The fourth-order valence-electron chi connectivity index (χ4n) is 1.34. The Labute approximate surface area is 110 Å². The van der Waals surface area contributed by atoms with Crippen LogP contribution >= 0.6 is 11.3 Å². The van der Waals surface area contributed by atoms with Crippen LogP contribution in [-0.2, 0) is 6.18 Å².